The summed E-state index contributed by atoms with van der Waals surface area (Å²) in [5.74, 6) is -0.379. The Morgan fingerprint density at radius 1 is 1.35 bits per heavy atom. The van der Waals surface area contributed by atoms with E-state index in [1.165, 1.54) is 11.4 Å². The molecule has 0 atom stereocenters. The topological polar surface area (TPSA) is 89.3 Å². The lowest BCUT2D eigenvalue weighted by atomic mass is 10.2. The lowest BCUT2D eigenvalue weighted by Gasteiger charge is -2.05. The normalized spacial score (nSPS) is 11.3. The van der Waals surface area contributed by atoms with Crippen molar-refractivity contribution >= 4 is 38.9 Å². The van der Waals surface area contributed by atoms with Crippen molar-refractivity contribution in [2.24, 2.45) is 5.14 Å². The van der Waals surface area contributed by atoms with Gasteiger partial charge in [-0.2, -0.15) is 0 Å². The van der Waals surface area contributed by atoms with Crippen LogP contribution >= 0.6 is 22.9 Å². The van der Waals surface area contributed by atoms with E-state index in [-0.39, 0.29) is 22.2 Å². The zero-order valence-corrected chi connectivity index (χ0v) is 12.6. The zero-order valence-electron chi connectivity index (χ0n) is 10.2. The first-order valence-electron chi connectivity index (χ1n) is 5.51. The van der Waals surface area contributed by atoms with Crippen molar-refractivity contribution in [3.8, 4) is 0 Å². The molecule has 0 fully saturated rings. The van der Waals surface area contributed by atoms with Crippen molar-refractivity contribution in [3.05, 3.63) is 51.9 Å². The Morgan fingerprint density at radius 3 is 2.65 bits per heavy atom. The summed E-state index contributed by atoms with van der Waals surface area (Å²) in [7, 11) is -3.77. The molecule has 20 heavy (non-hydrogen) atoms. The van der Waals surface area contributed by atoms with Gasteiger partial charge in [-0.05, 0) is 17.7 Å². The molecule has 3 N–H and O–H groups in total. The van der Waals surface area contributed by atoms with Crippen LogP contribution in [-0.4, -0.2) is 14.3 Å². The molecule has 0 bridgehead atoms. The first-order valence-corrected chi connectivity index (χ1v) is 8.31. The number of benzene rings is 1. The zero-order chi connectivity index (χ0) is 14.8. The van der Waals surface area contributed by atoms with Crippen molar-refractivity contribution in [2.45, 2.75) is 10.8 Å². The van der Waals surface area contributed by atoms with Crippen LogP contribution in [0.15, 0.2) is 39.9 Å². The standard InChI is InChI=1S/C12H11ClN2O3S2/c13-10-4-2-1-3-8(10)6-15-12(16)9-5-11(19-7-9)20(14,17)18/h1-5,7H,6H2,(H,15,16)(H2,14,17,18). The van der Waals surface area contributed by atoms with E-state index in [9.17, 15) is 13.2 Å². The van der Waals surface area contributed by atoms with Gasteiger partial charge in [0.1, 0.15) is 4.21 Å². The molecule has 1 heterocycles. The Balaban J connectivity index is 2.06. The fourth-order valence-corrected chi connectivity index (χ4v) is 3.29. The molecule has 1 aromatic carbocycles. The SMILES string of the molecule is NS(=O)(=O)c1cc(C(=O)NCc2ccccc2Cl)cs1. The third-order valence-electron chi connectivity index (χ3n) is 2.52. The number of carbonyl (C=O) groups is 1. The van der Waals surface area contributed by atoms with E-state index in [1.54, 1.807) is 18.2 Å². The van der Waals surface area contributed by atoms with E-state index in [0.717, 1.165) is 16.9 Å². The summed E-state index contributed by atoms with van der Waals surface area (Å²) in [5, 5.41) is 9.66. The molecule has 8 heteroatoms. The van der Waals surface area contributed by atoms with Crippen LogP contribution in [0.2, 0.25) is 5.02 Å². The number of hydrogen-bond donors (Lipinski definition) is 2. The van der Waals surface area contributed by atoms with Crippen molar-refractivity contribution in [2.75, 3.05) is 0 Å². The third-order valence-corrected chi connectivity index (χ3v) is 5.27. The summed E-state index contributed by atoms with van der Waals surface area (Å²) in [6, 6.07) is 8.39. The smallest absolute Gasteiger partial charge is 0.252 e. The van der Waals surface area contributed by atoms with Gasteiger partial charge in [-0.3, -0.25) is 4.79 Å². The Hall–Kier alpha value is -1.41. The second-order valence-corrected chi connectivity index (χ2v) is 7.08. The van der Waals surface area contributed by atoms with Crippen LogP contribution in [0, 0.1) is 0 Å². The average Bonchev–Trinajstić information content (AvgIpc) is 2.87. The van der Waals surface area contributed by atoms with E-state index < -0.39 is 10.0 Å². The van der Waals surface area contributed by atoms with Gasteiger partial charge >= 0.3 is 0 Å². The van der Waals surface area contributed by atoms with Crippen molar-refractivity contribution in [1.82, 2.24) is 5.32 Å². The van der Waals surface area contributed by atoms with Gasteiger partial charge in [0.2, 0.25) is 10.0 Å². The molecule has 0 aliphatic carbocycles. The maximum atomic E-state index is 11.9. The van der Waals surface area contributed by atoms with Gasteiger partial charge < -0.3 is 5.32 Å². The van der Waals surface area contributed by atoms with E-state index in [0.29, 0.717) is 5.02 Å². The van der Waals surface area contributed by atoms with Crippen LogP contribution in [0.4, 0.5) is 0 Å². The fourth-order valence-electron chi connectivity index (χ4n) is 1.50. The second-order valence-electron chi connectivity index (χ2n) is 3.97. The van der Waals surface area contributed by atoms with E-state index >= 15 is 0 Å². The first kappa shape index (κ1) is 15.0. The van der Waals surface area contributed by atoms with Gasteiger partial charge in [0.15, 0.2) is 0 Å². The molecular formula is C12H11ClN2O3S2. The number of rotatable bonds is 4. The minimum atomic E-state index is -3.77. The predicted molar refractivity (Wildman–Crippen MR) is 78.3 cm³/mol. The highest BCUT2D eigenvalue weighted by atomic mass is 35.5. The average molecular weight is 331 g/mol. The highest BCUT2D eigenvalue weighted by Gasteiger charge is 2.15. The molecule has 0 saturated carbocycles. The number of primary sulfonamides is 1. The van der Waals surface area contributed by atoms with Gasteiger partial charge in [0, 0.05) is 16.9 Å². The van der Waals surface area contributed by atoms with Crippen LogP contribution in [-0.2, 0) is 16.6 Å². The van der Waals surface area contributed by atoms with Crippen molar-refractivity contribution in [1.29, 1.82) is 0 Å². The molecule has 0 unspecified atom stereocenters. The third kappa shape index (κ3) is 3.57. The van der Waals surface area contributed by atoms with Crippen LogP contribution in [0.1, 0.15) is 15.9 Å². The number of sulfonamides is 1. The van der Waals surface area contributed by atoms with Gasteiger partial charge in [-0.15, -0.1) is 11.3 Å². The predicted octanol–water partition coefficient (Wildman–Crippen LogP) is 1.98. The summed E-state index contributed by atoms with van der Waals surface area (Å²) in [4.78, 5) is 11.9. The summed E-state index contributed by atoms with van der Waals surface area (Å²) >= 11 is 6.88. The van der Waals surface area contributed by atoms with Crippen molar-refractivity contribution < 1.29 is 13.2 Å². The lowest BCUT2D eigenvalue weighted by molar-refractivity contribution is 0.0951. The number of halogens is 1. The van der Waals surface area contributed by atoms with Crippen LogP contribution in [0.3, 0.4) is 0 Å². The molecular weight excluding hydrogens is 320 g/mol. The molecule has 0 saturated heterocycles. The lowest BCUT2D eigenvalue weighted by Crippen LogP contribution is -2.22. The fraction of sp³-hybridized carbons (Fsp3) is 0.0833. The Bertz CT molecular complexity index is 741. The monoisotopic (exact) mass is 330 g/mol. The Labute approximate surface area is 125 Å². The highest BCUT2D eigenvalue weighted by molar-refractivity contribution is 7.91. The summed E-state index contributed by atoms with van der Waals surface area (Å²) in [6.45, 7) is 0.263. The van der Waals surface area contributed by atoms with Gasteiger partial charge in [0.05, 0.1) is 5.56 Å². The molecule has 2 aromatic rings. The Morgan fingerprint density at radius 2 is 2.05 bits per heavy atom. The molecule has 2 rings (SSSR count). The molecule has 5 nitrogen and oxygen atoms in total. The Kier molecular flexibility index (Phi) is 4.44. The maximum absolute atomic E-state index is 11.9. The number of carbonyl (C=O) groups excluding carboxylic acids is 1. The van der Waals surface area contributed by atoms with E-state index in [4.69, 9.17) is 16.7 Å². The number of thiophene rings is 1. The van der Waals surface area contributed by atoms with Crippen LogP contribution in [0.25, 0.3) is 0 Å². The molecule has 0 spiro atoms. The van der Waals surface area contributed by atoms with Gasteiger partial charge in [-0.25, -0.2) is 13.6 Å². The van der Waals surface area contributed by atoms with E-state index in [2.05, 4.69) is 5.32 Å². The molecule has 0 aliphatic heterocycles. The minimum Gasteiger partial charge on any atom is -0.348 e. The minimum absolute atomic E-state index is 0.0413. The van der Waals surface area contributed by atoms with Crippen LogP contribution in [0.5, 0.6) is 0 Å². The second kappa shape index (κ2) is 5.92. The number of amides is 1. The number of nitrogens with one attached hydrogen (secondary N) is 1. The number of hydrogen-bond acceptors (Lipinski definition) is 4. The molecule has 0 aliphatic rings. The summed E-state index contributed by atoms with van der Waals surface area (Å²) in [5.41, 5.74) is 1.04. The number of nitrogens with two attached hydrogens (primary N) is 1. The quantitative estimate of drug-likeness (QED) is 0.898. The molecule has 0 radical (unpaired) electrons. The highest BCUT2D eigenvalue weighted by Crippen LogP contribution is 2.19. The summed E-state index contributed by atoms with van der Waals surface area (Å²) < 4.78 is 22.2. The van der Waals surface area contributed by atoms with E-state index in [1.807, 2.05) is 6.07 Å². The maximum Gasteiger partial charge on any atom is 0.252 e. The molecule has 106 valence electrons. The molecule has 1 aromatic heterocycles. The molecule has 1 amide bonds. The summed E-state index contributed by atoms with van der Waals surface area (Å²) in [6.07, 6.45) is 0. The van der Waals surface area contributed by atoms with Crippen LogP contribution < -0.4 is 10.5 Å². The first-order chi connectivity index (χ1) is 9.38. The largest absolute Gasteiger partial charge is 0.348 e. The van der Waals surface area contributed by atoms with Crippen molar-refractivity contribution in [3.63, 3.8) is 0 Å². The van der Waals surface area contributed by atoms with Gasteiger partial charge in [-0.1, -0.05) is 29.8 Å². The van der Waals surface area contributed by atoms with Gasteiger partial charge in [0.25, 0.3) is 5.91 Å².